The second-order valence-corrected chi connectivity index (χ2v) is 11.7. The van der Waals surface area contributed by atoms with Gasteiger partial charge in [0.05, 0.1) is 23.4 Å². The molecule has 0 unspecified atom stereocenters. The number of carbonyl (C=O) groups excluding carboxylic acids is 3. The molecule has 3 amide bonds. The molecular formula is C29H32F4N4O5. The minimum atomic E-state index is -4.79. The predicted molar refractivity (Wildman–Crippen MR) is 144 cm³/mol. The van der Waals surface area contributed by atoms with E-state index < -0.39 is 57.9 Å². The second kappa shape index (κ2) is 10.9. The van der Waals surface area contributed by atoms with E-state index in [2.05, 4.69) is 5.32 Å². The fourth-order valence-corrected chi connectivity index (χ4v) is 5.49. The van der Waals surface area contributed by atoms with Gasteiger partial charge in [-0.2, -0.15) is 13.2 Å². The molecule has 2 aliphatic heterocycles. The minimum absolute atomic E-state index is 0.104. The topological polar surface area (TPSA) is 110 Å². The second-order valence-electron chi connectivity index (χ2n) is 11.7. The molecule has 1 atom stereocenters. The third kappa shape index (κ3) is 5.77. The zero-order valence-corrected chi connectivity index (χ0v) is 23.6. The lowest BCUT2D eigenvalue weighted by atomic mass is 9.82. The molecule has 42 heavy (non-hydrogen) atoms. The molecule has 226 valence electrons. The van der Waals surface area contributed by atoms with Gasteiger partial charge in [-0.1, -0.05) is 20.8 Å². The standard InChI is InChI=1S/C29H32F4N4O5/c1-27(2,3)22(34-23(38)20-15-18(29(31,32)33)7-10-21(20)30)24(39)36-13-11-28(12-14-36)26(42)35(4)16-37(28)19-8-5-17(6-9-19)25(40)41/h5-10,15,22H,11-14,16H2,1-4H3,(H,34,38)(H,40,41)/t22-/m0/s1. The van der Waals surface area contributed by atoms with Crippen molar-refractivity contribution < 1.29 is 41.8 Å². The van der Waals surface area contributed by atoms with Crippen molar-refractivity contribution in [3.63, 3.8) is 0 Å². The molecule has 0 bridgehead atoms. The van der Waals surface area contributed by atoms with Crippen molar-refractivity contribution in [1.82, 2.24) is 15.1 Å². The zero-order valence-electron chi connectivity index (χ0n) is 23.6. The fraction of sp³-hybridized carbons (Fsp3) is 0.448. The summed E-state index contributed by atoms with van der Waals surface area (Å²) in [6.07, 6.45) is -4.30. The number of aromatic carboxylic acids is 1. The van der Waals surface area contributed by atoms with Gasteiger partial charge in [-0.3, -0.25) is 14.4 Å². The van der Waals surface area contributed by atoms with Crippen LogP contribution in [0.5, 0.6) is 0 Å². The van der Waals surface area contributed by atoms with Crippen LogP contribution in [0.25, 0.3) is 0 Å². The van der Waals surface area contributed by atoms with Gasteiger partial charge in [-0.05, 0) is 60.7 Å². The number of halogens is 4. The van der Waals surface area contributed by atoms with Gasteiger partial charge < -0.3 is 25.1 Å². The van der Waals surface area contributed by atoms with Gasteiger partial charge in [0.2, 0.25) is 11.8 Å². The van der Waals surface area contributed by atoms with Gasteiger partial charge in [0.1, 0.15) is 17.4 Å². The van der Waals surface area contributed by atoms with E-state index in [1.807, 2.05) is 4.90 Å². The Hall–Kier alpha value is -4.16. The quantitative estimate of drug-likeness (QED) is 0.509. The van der Waals surface area contributed by atoms with Crippen LogP contribution in [0.2, 0.25) is 0 Å². The molecular weight excluding hydrogens is 560 g/mol. The molecule has 9 nitrogen and oxygen atoms in total. The number of likely N-dealkylation sites (tertiary alicyclic amines) is 1. The first-order chi connectivity index (χ1) is 19.5. The van der Waals surface area contributed by atoms with E-state index in [9.17, 15) is 41.8 Å². The first-order valence-electron chi connectivity index (χ1n) is 13.3. The Balaban J connectivity index is 1.54. The first kappa shape index (κ1) is 30.8. The Kier molecular flexibility index (Phi) is 8.00. The van der Waals surface area contributed by atoms with E-state index in [0.29, 0.717) is 23.9 Å². The van der Waals surface area contributed by atoms with E-state index in [-0.39, 0.29) is 44.1 Å². The highest BCUT2D eigenvalue weighted by Gasteiger charge is 2.53. The van der Waals surface area contributed by atoms with Crippen LogP contribution in [0, 0.1) is 11.2 Å². The molecule has 4 rings (SSSR count). The minimum Gasteiger partial charge on any atom is -0.478 e. The van der Waals surface area contributed by atoms with E-state index in [0.717, 1.165) is 0 Å². The Morgan fingerprint density at radius 1 is 1.00 bits per heavy atom. The molecule has 2 N–H and O–H groups in total. The summed E-state index contributed by atoms with van der Waals surface area (Å²) in [5.41, 5.74) is -3.12. The molecule has 1 spiro atoms. The Morgan fingerprint density at radius 3 is 2.12 bits per heavy atom. The number of carboxylic acid groups (broad SMARTS) is 1. The molecule has 2 aromatic rings. The lowest BCUT2D eigenvalue weighted by Gasteiger charge is -2.45. The highest BCUT2D eigenvalue weighted by Crippen LogP contribution is 2.39. The van der Waals surface area contributed by atoms with Gasteiger partial charge in [0, 0.05) is 25.8 Å². The van der Waals surface area contributed by atoms with Crippen molar-refractivity contribution in [2.75, 3.05) is 31.7 Å². The number of hydrogen-bond acceptors (Lipinski definition) is 5. The molecule has 0 saturated carbocycles. The van der Waals surface area contributed by atoms with Crippen LogP contribution in [0.4, 0.5) is 23.2 Å². The van der Waals surface area contributed by atoms with Crippen LogP contribution < -0.4 is 10.2 Å². The number of amides is 3. The van der Waals surface area contributed by atoms with Crippen molar-refractivity contribution >= 4 is 29.4 Å². The van der Waals surface area contributed by atoms with Crippen LogP contribution >= 0.6 is 0 Å². The summed E-state index contributed by atoms with van der Waals surface area (Å²) < 4.78 is 53.9. The summed E-state index contributed by atoms with van der Waals surface area (Å²) in [5.74, 6) is -4.02. The summed E-state index contributed by atoms with van der Waals surface area (Å²) in [6, 6.07) is 6.49. The van der Waals surface area contributed by atoms with E-state index >= 15 is 0 Å². The van der Waals surface area contributed by atoms with E-state index in [1.54, 1.807) is 44.9 Å². The van der Waals surface area contributed by atoms with Crippen molar-refractivity contribution in [1.29, 1.82) is 0 Å². The third-order valence-corrected chi connectivity index (χ3v) is 7.87. The Bertz CT molecular complexity index is 1400. The number of nitrogens with zero attached hydrogens (tertiary/aromatic N) is 3. The molecule has 2 saturated heterocycles. The van der Waals surface area contributed by atoms with Crippen molar-refractivity contribution in [3.05, 3.63) is 65.0 Å². The summed E-state index contributed by atoms with van der Waals surface area (Å²) in [6.45, 7) is 5.55. The molecule has 13 heteroatoms. The van der Waals surface area contributed by atoms with Gasteiger partial charge >= 0.3 is 12.1 Å². The van der Waals surface area contributed by atoms with Crippen molar-refractivity contribution in [2.24, 2.45) is 5.41 Å². The monoisotopic (exact) mass is 592 g/mol. The predicted octanol–water partition coefficient (Wildman–Crippen LogP) is 3.98. The van der Waals surface area contributed by atoms with Crippen molar-refractivity contribution in [3.8, 4) is 0 Å². The number of rotatable bonds is 5. The number of nitrogens with one attached hydrogen (secondary N) is 1. The smallest absolute Gasteiger partial charge is 0.416 e. The molecule has 0 aromatic heterocycles. The summed E-state index contributed by atoms with van der Waals surface area (Å²) in [5, 5.41) is 11.7. The Morgan fingerprint density at radius 2 is 1.60 bits per heavy atom. The van der Waals surface area contributed by atoms with Crippen LogP contribution in [-0.2, 0) is 15.8 Å². The average Bonchev–Trinajstić information content (AvgIpc) is 3.15. The molecule has 2 heterocycles. The summed E-state index contributed by atoms with van der Waals surface area (Å²) >= 11 is 0. The maximum Gasteiger partial charge on any atom is 0.416 e. The van der Waals surface area contributed by atoms with Crippen LogP contribution in [0.3, 0.4) is 0 Å². The molecule has 2 aliphatic rings. The number of carboxylic acids is 1. The highest BCUT2D eigenvalue weighted by atomic mass is 19.4. The van der Waals surface area contributed by atoms with E-state index in [1.165, 1.54) is 17.0 Å². The zero-order chi connectivity index (χ0) is 31.2. The van der Waals surface area contributed by atoms with Gasteiger partial charge in [0.15, 0.2) is 0 Å². The Labute approximate surface area is 240 Å². The maximum absolute atomic E-state index is 14.4. The highest BCUT2D eigenvalue weighted by molar-refractivity contribution is 5.98. The maximum atomic E-state index is 14.4. The normalized spacial score (nSPS) is 17.9. The van der Waals surface area contributed by atoms with Crippen LogP contribution in [0.1, 0.15) is 59.9 Å². The number of piperidine rings is 1. The molecule has 2 fully saturated rings. The van der Waals surface area contributed by atoms with Crippen molar-refractivity contribution in [2.45, 2.75) is 51.4 Å². The first-order valence-corrected chi connectivity index (χ1v) is 13.3. The van der Waals surface area contributed by atoms with Gasteiger partial charge in [-0.15, -0.1) is 0 Å². The number of benzene rings is 2. The van der Waals surface area contributed by atoms with Gasteiger partial charge in [-0.25, -0.2) is 9.18 Å². The molecule has 0 radical (unpaired) electrons. The largest absolute Gasteiger partial charge is 0.478 e. The number of hydrogen-bond donors (Lipinski definition) is 2. The van der Waals surface area contributed by atoms with Crippen LogP contribution in [0.15, 0.2) is 42.5 Å². The average molecular weight is 593 g/mol. The molecule has 2 aromatic carbocycles. The number of carbonyl (C=O) groups is 4. The van der Waals surface area contributed by atoms with Gasteiger partial charge in [0.25, 0.3) is 5.91 Å². The summed E-state index contributed by atoms with van der Waals surface area (Å²) in [4.78, 5) is 56.2. The fourth-order valence-electron chi connectivity index (χ4n) is 5.49. The van der Waals surface area contributed by atoms with E-state index in [4.69, 9.17) is 0 Å². The SMILES string of the molecule is CN1CN(c2ccc(C(=O)O)cc2)C2(CCN(C(=O)[C@H](NC(=O)c3cc(C(F)(F)F)ccc3F)C(C)(C)C)CC2)C1=O. The number of anilines is 1. The summed E-state index contributed by atoms with van der Waals surface area (Å²) in [7, 11) is 1.66. The molecule has 0 aliphatic carbocycles. The lowest BCUT2D eigenvalue weighted by Crippen LogP contribution is -2.61. The number of alkyl halides is 3. The lowest BCUT2D eigenvalue weighted by molar-refractivity contribution is -0.140. The van der Waals surface area contributed by atoms with Crippen LogP contribution in [-0.4, -0.2) is 77.0 Å². The number of likely N-dealkylation sites (N-methyl/N-ethyl adjacent to an activating group) is 1. The third-order valence-electron chi connectivity index (χ3n) is 7.87.